The topological polar surface area (TPSA) is 13.1 Å². The van der Waals surface area contributed by atoms with Crippen molar-refractivity contribution in [2.45, 2.75) is 38.4 Å². The Labute approximate surface area is 117 Å². The highest BCUT2D eigenvalue weighted by Crippen LogP contribution is 2.34. The van der Waals surface area contributed by atoms with Crippen LogP contribution in [0.1, 0.15) is 46.7 Å². The molecule has 0 saturated heterocycles. The Morgan fingerprint density at radius 1 is 1.11 bits per heavy atom. The lowest BCUT2D eigenvalue weighted by atomic mass is 9.97. The SMILES string of the molecule is CCc1ccc(C(Br)c2ccoc2C)cc1CC. The van der Waals surface area contributed by atoms with Crippen LogP contribution in [0.5, 0.6) is 0 Å². The van der Waals surface area contributed by atoms with Gasteiger partial charge in [-0.25, -0.2) is 0 Å². The third-order valence-corrected chi connectivity index (χ3v) is 4.48. The van der Waals surface area contributed by atoms with Crippen molar-refractivity contribution < 1.29 is 4.42 Å². The van der Waals surface area contributed by atoms with E-state index >= 15 is 0 Å². The number of hydrogen-bond acceptors (Lipinski definition) is 1. The average Bonchev–Trinajstić information content (AvgIpc) is 2.83. The molecule has 0 N–H and O–H groups in total. The summed E-state index contributed by atoms with van der Waals surface area (Å²) in [5.41, 5.74) is 5.40. The van der Waals surface area contributed by atoms with Crippen molar-refractivity contribution in [3.05, 3.63) is 58.5 Å². The summed E-state index contributed by atoms with van der Waals surface area (Å²) < 4.78 is 5.38. The minimum absolute atomic E-state index is 0.215. The van der Waals surface area contributed by atoms with Gasteiger partial charge in [0.15, 0.2) is 0 Å². The predicted octanol–water partition coefficient (Wildman–Crippen LogP) is 5.20. The lowest BCUT2D eigenvalue weighted by Crippen LogP contribution is -1.97. The maximum Gasteiger partial charge on any atom is 0.105 e. The number of alkyl halides is 1. The quantitative estimate of drug-likeness (QED) is 0.708. The zero-order valence-electron chi connectivity index (χ0n) is 11.2. The smallest absolute Gasteiger partial charge is 0.105 e. The van der Waals surface area contributed by atoms with E-state index in [0.717, 1.165) is 18.6 Å². The molecule has 96 valence electrons. The van der Waals surface area contributed by atoms with E-state index in [-0.39, 0.29) is 4.83 Å². The van der Waals surface area contributed by atoms with E-state index < -0.39 is 0 Å². The second kappa shape index (κ2) is 5.75. The molecule has 0 aliphatic carbocycles. The first-order valence-corrected chi connectivity index (χ1v) is 7.38. The summed E-state index contributed by atoms with van der Waals surface area (Å²) in [6.45, 7) is 6.43. The van der Waals surface area contributed by atoms with Crippen molar-refractivity contribution in [3.8, 4) is 0 Å². The molecule has 1 unspecified atom stereocenters. The van der Waals surface area contributed by atoms with Crippen molar-refractivity contribution in [2.75, 3.05) is 0 Å². The highest BCUT2D eigenvalue weighted by Gasteiger charge is 2.15. The Morgan fingerprint density at radius 2 is 1.83 bits per heavy atom. The normalized spacial score (nSPS) is 12.7. The van der Waals surface area contributed by atoms with E-state index in [1.165, 1.54) is 22.3 Å². The lowest BCUT2D eigenvalue weighted by molar-refractivity contribution is 0.530. The molecule has 2 heteroatoms. The molecule has 0 amide bonds. The van der Waals surface area contributed by atoms with Gasteiger partial charge in [0, 0.05) is 5.56 Å². The van der Waals surface area contributed by atoms with Gasteiger partial charge in [0.2, 0.25) is 0 Å². The standard InChI is InChI=1S/C16H19BrO/c1-4-12-6-7-14(10-13(12)5-2)16(17)15-8-9-18-11(15)3/h6-10,16H,4-5H2,1-3H3. The van der Waals surface area contributed by atoms with Gasteiger partial charge in [-0.3, -0.25) is 0 Å². The molecule has 0 aliphatic rings. The molecule has 0 spiro atoms. The zero-order chi connectivity index (χ0) is 13.1. The number of halogens is 1. The van der Waals surface area contributed by atoms with Crippen LogP contribution in [-0.2, 0) is 12.8 Å². The molecule has 0 fully saturated rings. The molecular formula is C16H19BrO. The molecule has 2 aromatic rings. The fourth-order valence-electron chi connectivity index (χ4n) is 2.31. The van der Waals surface area contributed by atoms with Gasteiger partial charge >= 0.3 is 0 Å². The molecule has 1 heterocycles. The minimum Gasteiger partial charge on any atom is -0.469 e. The maximum atomic E-state index is 5.38. The Balaban J connectivity index is 2.37. The number of rotatable bonds is 4. The van der Waals surface area contributed by atoms with E-state index in [0.29, 0.717) is 0 Å². The Hall–Kier alpha value is -1.02. The van der Waals surface area contributed by atoms with Crippen LogP contribution in [0.15, 0.2) is 34.9 Å². The molecular weight excluding hydrogens is 288 g/mol. The molecule has 1 nitrogen and oxygen atoms in total. The zero-order valence-corrected chi connectivity index (χ0v) is 12.8. The predicted molar refractivity (Wildman–Crippen MR) is 79.4 cm³/mol. The Morgan fingerprint density at radius 3 is 2.39 bits per heavy atom. The first-order valence-electron chi connectivity index (χ1n) is 6.47. The summed E-state index contributed by atoms with van der Waals surface area (Å²) in [6, 6.07) is 8.81. The summed E-state index contributed by atoms with van der Waals surface area (Å²) in [5, 5.41) is 0. The second-order valence-electron chi connectivity index (χ2n) is 4.53. The molecule has 0 radical (unpaired) electrons. The number of hydrogen-bond donors (Lipinski definition) is 0. The van der Waals surface area contributed by atoms with E-state index in [2.05, 4.69) is 48.0 Å². The largest absolute Gasteiger partial charge is 0.469 e. The molecule has 18 heavy (non-hydrogen) atoms. The number of furan rings is 1. The van der Waals surface area contributed by atoms with Crippen molar-refractivity contribution >= 4 is 15.9 Å². The van der Waals surface area contributed by atoms with Crippen LogP contribution in [0.25, 0.3) is 0 Å². The lowest BCUT2D eigenvalue weighted by Gasteiger charge is -2.13. The van der Waals surface area contributed by atoms with E-state index in [1.54, 1.807) is 6.26 Å². The average molecular weight is 307 g/mol. The van der Waals surface area contributed by atoms with Crippen molar-refractivity contribution in [2.24, 2.45) is 0 Å². The van der Waals surface area contributed by atoms with Gasteiger partial charge < -0.3 is 4.42 Å². The van der Waals surface area contributed by atoms with Gasteiger partial charge in [-0.1, -0.05) is 48.0 Å². The molecule has 1 atom stereocenters. The molecule has 0 saturated carbocycles. The van der Waals surface area contributed by atoms with Crippen LogP contribution in [0.4, 0.5) is 0 Å². The Bertz CT molecular complexity index is 528. The molecule has 2 rings (SSSR count). The molecule has 0 bridgehead atoms. The highest BCUT2D eigenvalue weighted by atomic mass is 79.9. The van der Waals surface area contributed by atoms with Crippen molar-refractivity contribution in [3.63, 3.8) is 0 Å². The van der Waals surface area contributed by atoms with E-state index in [9.17, 15) is 0 Å². The third kappa shape index (κ3) is 2.54. The van der Waals surface area contributed by atoms with Crippen molar-refractivity contribution in [1.29, 1.82) is 0 Å². The van der Waals surface area contributed by atoms with Crippen LogP contribution in [-0.4, -0.2) is 0 Å². The summed E-state index contributed by atoms with van der Waals surface area (Å²) in [5.74, 6) is 0.981. The number of aryl methyl sites for hydroxylation is 3. The maximum absolute atomic E-state index is 5.38. The van der Waals surface area contributed by atoms with Gasteiger partial charge in [0.05, 0.1) is 11.1 Å². The molecule has 1 aromatic heterocycles. The van der Waals surface area contributed by atoms with Crippen LogP contribution in [0.2, 0.25) is 0 Å². The summed E-state index contributed by atoms with van der Waals surface area (Å²) in [7, 11) is 0. The van der Waals surface area contributed by atoms with E-state index in [4.69, 9.17) is 4.42 Å². The molecule has 1 aromatic carbocycles. The van der Waals surface area contributed by atoms with Gasteiger partial charge in [-0.05, 0) is 42.5 Å². The summed E-state index contributed by atoms with van der Waals surface area (Å²) in [4.78, 5) is 0.215. The minimum atomic E-state index is 0.215. The number of benzene rings is 1. The van der Waals surface area contributed by atoms with Crippen LogP contribution in [0, 0.1) is 6.92 Å². The van der Waals surface area contributed by atoms with Crippen LogP contribution < -0.4 is 0 Å². The van der Waals surface area contributed by atoms with E-state index in [1.807, 2.05) is 13.0 Å². The molecule has 0 aliphatic heterocycles. The van der Waals surface area contributed by atoms with Gasteiger partial charge in [-0.15, -0.1) is 0 Å². The fraction of sp³-hybridized carbons (Fsp3) is 0.375. The van der Waals surface area contributed by atoms with Gasteiger partial charge in [0.25, 0.3) is 0 Å². The van der Waals surface area contributed by atoms with Gasteiger partial charge in [0.1, 0.15) is 5.76 Å². The fourth-order valence-corrected chi connectivity index (χ4v) is 3.07. The van der Waals surface area contributed by atoms with Crippen LogP contribution >= 0.6 is 15.9 Å². The first-order chi connectivity index (χ1) is 8.67. The van der Waals surface area contributed by atoms with Crippen molar-refractivity contribution in [1.82, 2.24) is 0 Å². The monoisotopic (exact) mass is 306 g/mol. The Kier molecular flexibility index (Phi) is 4.28. The summed E-state index contributed by atoms with van der Waals surface area (Å²) >= 11 is 3.77. The summed E-state index contributed by atoms with van der Waals surface area (Å²) in [6.07, 6.45) is 3.93. The first kappa shape index (κ1) is 13.4. The third-order valence-electron chi connectivity index (χ3n) is 3.46. The second-order valence-corrected chi connectivity index (χ2v) is 5.45. The highest BCUT2D eigenvalue weighted by molar-refractivity contribution is 9.09. The van der Waals surface area contributed by atoms with Crippen LogP contribution in [0.3, 0.4) is 0 Å². The van der Waals surface area contributed by atoms with Gasteiger partial charge in [-0.2, -0.15) is 0 Å².